The van der Waals surface area contributed by atoms with Crippen molar-refractivity contribution >= 4 is 5.69 Å². The van der Waals surface area contributed by atoms with Gasteiger partial charge in [-0.3, -0.25) is 0 Å². The van der Waals surface area contributed by atoms with E-state index in [1.54, 1.807) is 6.07 Å². The topological polar surface area (TPSA) is 12.0 Å². The molecule has 2 aromatic carbocycles. The van der Waals surface area contributed by atoms with Crippen LogP contribution in [0.25, 0.3) is 0 Å². The standard InChI is InChI=1S/C18H20FN/c1-12-15(19)9-6-10-16(12)20-17-14-8-5-4-7-13(14)11-18(17,2)3/h4-10,17,20H,11H2,1-3H3. The predicted octanol–water partition coefficient (Wildman–Crippen LogP) is 4.87. The lowest BCUT2D eigenvalue weighted by atomic mass is 9.85. The van der Waals surface area contributed by atoms with Gasteiger partial charge in [-0.25, -0.2) is 4.39 Å². The Morgan fingerprint density at radius 1 is 1.10 bits per heavy atom. The monoisotopic (exact) mass is 269 g/mol. The van der Waals surface area contributed by atoms with Crippen LogP contribution in [-0.4, -0.2) is 0 Å². The Balaban J connectivity index is 1.99. The molecule has 20 heavy (non-hydrogen) atoms. The molecule has 0 radical (unpaired) electrons. The number of halogens is 1. The van der Waals surface area contributed by atoms with Crippen LogP contribution in [0.4, 0.5) is 10.1 Å². The van der Waals surface area contributed by atoms with E-state index < -0.39 is 0 Å². The van der Waals surface area contributed by atoms with E-state index in [1.807, 2.05) is 13.0 Å². The van der Waals surface area contributed by atoms with E-state index in [4.69, 9.17) is 0 Å². The van der Waals surface area contributed by atoms with E-state index >= 15 is 0 Å². The number of fused-ring (bicyclic) bond motifs is 1. The molecule has 1 aliphatic carbocycles. The van der Waals surface area contributed by atoms with Gasteiger partial charge in [0.1, 0.15) is 5.82 Å². The lowest BCUT2D eigenvalue weighted by Gasteiger charge is -2.30. The average molecular weight is 269 g/mol. The smallest absolute Gasteiger partial charge is 0.128 e. The van der Waals surface area contributed by atoms with Crippen molar-refractivity contribution in [2.75, 3.05) is 5.32 Å². The van der Waals surface area contributed by atoms with Crippen molar-refractivity contribution in [2.45, 2.75) is 33.2 Å². The van der Waals surface area contributed by atoms with Crippen molar-refractivity contribution in [3.8, 4) is 0 Å². The Morgan fingerprint density at radius 2 is 1.85 bits per heavy atom. The molecule has 1 aliphatic rings. The zero-order valence-corrected chi connectivity index (χ0v) is 12.2. The van der Waals surface area contributed by atoms with Crippen LogP contribution in [0.5, 0.6) is 0 Å². The number of hydrogen-bond donors (Lipinski definition) is 1. The van der Waals surface area contributed by atoms with Gasteiger partial charge in [0.2, 0.25) is 0 Å². The minimum Gasteiger partial charge on any atom is -0.377 e. The molecule has 0 heterocycles. The molecular weight excluding hydrogens is 249 g/mol. The third kappa shape index (κ3) is 2.09. The molecule has 2 aromatic rings. The van der Waals surface area contributed by atoms with Gasteiger partial charge in [-0.2, -0.15) is 0 Å². The second kappa shape index (κ2) is 4.62. The van der Waals surface area contributed by atoms with Gasteiger partial charge < -0.3 is 5.32 Å². The van der Waals surface area contributed by atoms with Crippen LogP contribution in [0.1, 0.15) is 36.6 Å². The summed E-state index contributed by atoms with van der Waals surface area (Å²) in [5, 5.41) is 3.56. The number of benzene rings is 2. The zero-order valence-electron chi connectivity index (χ0n) is 12.2. The fraction of sp³-hybridized carbons (Fsp3) is 0.333. The van der Waals surface area contributed by atoms with Gasteiger partial charge in [0, 0.05) is 11.3 Å². The third-order valence-electron chi connectivity index (χ3n) is 4.36. The maximum atomic E-state index is 13.7. The van der Waals surface area contributed by atoms with Crippen LogP contribution < -0.4 is 5.32 Å². The first kappa shape index (κ1) is 13.2. The van der Waals surface area contributed by atoms with Gasteiger partial charge in [0.15, 0.2) is 0 Å². The first-order valence-corrected chi connectivity index (χ1v) is 7.08. The average Bonchev–Trinajstić information content (AvgIpc) is 2.66. The van der Waals surface area contributed by atoms with E-state index in [2.05, 4.69) is 43.4 Å². The van der Waals surface area contributed by atoms with Gasteiger partial charge in [0.25, 0.3) is 0 Å². The highest BCUT2D eigenvalue weighted by molar-refractivity contribution is 5.55. The van der Waals surface area contributed by atoms with Crippen LogP contribution >= 0.6 is 0 Å². The normalized spacial score (nSPS) is 19.7. The van der Waals surface area contributed by atoms with Crippen LogP contribution in [0.2, 0.25) is 0 Å². The molecule has 0 saturated heterocycles. The van der Waals surface area contributed by atoms with Gasteiger partial charge in [0.05, 0.1) is 6.04 Å². The fourth-order valence-electron chi connectivity index (χ4n) is 3.18. The molecule has 0 saturated carbocycles. The van der Waals surface area contributed by atoms with Crippen molar-refractivity contribution in [3.63, 3.8) is 0 Å². The second-order valence-corrected chi connectivity index (χ2v) is 6.35. The Hall–Kier alpha value is -1.83. The minimum absolute atomic E-state index is 0.127. The van der Waals surface area contributed by atoms with Crippen molar-refractivity contribution < 1.29 is 4.39 Å². The van der Waals surface area contributed by atoms with E-state index in [-0.39, 0.29) is 17.3 Å². The molecular formula is C18H20FN. The molecule has 0 aromatic heterocycles. The SMILES string of the molecule is Cc1c(F)cccc1NC1c2ccccc2CC1(C)C. The Bertz CT molecular complexity index is 646. The van der Waals surface area contributed by atoms with Crippen molar-refractivity contribution in [2.24, 2.45) is 5.41 Å². The van der Waals surface area contributed by atoms with Gasteiger partial charge in [-0.15, -0.1) is 0 Å². The first-order chi connectivity index (χ1) is 9.49. The van der Waals surface area contributed by atoms with E-state index in [0.29, 0.717) is 5.56 Å². The Kier molecular flexibility index (Phi) is 3.04. The summed E-state index contributed by atoms with van der Waals surface area (Å²) in [6.45, 7) is 6.35. The molecule has 0 spiro atoms. The lowest BCUT2D eigenvalue weighted by Crippen LogP contribution is -2.25. The highest BCUT2D eigenvalue weighted by atomic mass is 19.1. The number of anilines is 1. The summed E-state index contributed by atoms with van der Waals surface area (Å²) in [4.78, 5) is 0. The number of nitrogens with one attached hydrogen (secondary N) is 1. The largest absolute Gasteiger partial charge is 0.377 e. The minimum atomic E-state index is -0.154. The molecule has 2 heteroatoms. The number of rotatable bonds is 2. The van der Waals surface area contributed by atoms with E-state index in [1.165, 1.54) is 17.2 Å². The van der Waals surface area contributed by atoms with Crippen molar-refractivity contribution in [1.82, 2.24) is 0 Å². The maximum Gasteiger partial charge on any atom is 0.128 e. The molecule has 1 unspecified atom stereocenters. The Labute approximate surface area is 119 Å². The molecule has 0 fully saturated rings. The summed E-state index contributed by atoms with van der Waals surface area (Å²) in [5.41, 5.74) is 4.43. The van der Waals surface area contributed by atoms with Crippen LogP contribution in [-0.2, 0) is 6.42 Å². The quantitative estimate of drug-likeness (QED) is 0.820. The summed E-state index contributed by atoms with van der Waals surface area (Å²) in [7, 11) is 0. The van der Waals surface area contributed by atoms with Crippen LogP contribution in [0.3, 0.4) is 0 Å². The molecule has 104 valence electrons. The summed E-state index contributed by atoms with van der Waals surface area (Å²) >= 11 is 0. The van der Waals surface area contributed by atoms with Gasteiger partial charge in [-0.05, 0) is 42.0 Å². The molecule has 0 bridgehead atoms. The van der Waals surface area contributed by atoms with E-state index in [9.17, 15) is 4.39 Å². The van der Waals surface area contributed by atoms with Crippen molar-refractivity contribution in [1.29, 1.82) is 0 Å². The third-order valence-corrected chi connectivity index (χ3v) is 4.36. The highest BCUT2D eigenvalue weighted by Gasteiger charge is 2.38. The summed E-state index contributed by atoms with van der Waals surface area (Å²) < 4.78 is 13.7. The molecule has 1 N–H and O–H groups in total. The predicted molar refractivity (Wildman–Crippen MR) is 81.4 cm³/mol. The molecule has 0 aliphatic heterocycles. The first-order valence-electron chi connectivity index (χ1n) is 7.08. The fourth-order valence-corrected chi connectivity index (χ4v) is 3.18. The maximum absolute atomic E-state index is 13.7. The van der Waals surface area contributed by atoms with E-state index in [0.717, 1.165) is 12.1 Å². The summed E-state index contributed by atoms with van der Waals surface area (Å²) in [6, 6.07) is 14.0. The molecule has 3 rings (SSSR count). The van der Waals surface area contributed by atoms with Gasteiger partial charge >= 0.3 is 0 Å². The highest BCUT2D eigenvalue weighted by Crippen LogP contribution is 2.47. The Morgan fingerprint density at radius 3 is 2.65 bits per heavy atom. The summed E-state index contributed by atoms with van der Waals surface area (Å²) in [6.07, 6.45) is 1.05. The number of hydrogen-bond acceptors (Lipinski definition) is 1. The lowest BCUT2D eigenvalue weighted by molar-refractivity contribution is 0.337. The van der Waals surface area contributed by atoms with Crippen LogP contribution in [0.15, 0.2) is 42.5 Å². The van der Waals surface area contributed by atoms with Gasteiger partial charge in [-0.1, -0.05) is 44.2 Å². The van der Waals surface area contributed by atoms with Crippen molar-refractivity contribution in [3.05, 3.63) is 65.0 Å². The molecule has 1 nitrogen and oxygen atoms in total. The molecule has 0 amide bonds. The zero-order chi connectivity index (χ0) is 14.3. The van der Waals surface area contributed by atoms with Crippen LogP contribution in [0, 0.1) is 18.2 Å². The molecule has 1 atom stereocenters. The summed E-state index contributed by atoms with van der Waals surface area (Å²) in [5.74, 6) is -0.154. The second-order valence-electron chi connectivity index (χ2n) is 6.35.